The normalized spacial score (nSPS) is 12.6. The molecule has 0 saturated heterocycles. The molecule has 0 fully saturated rings. The Labute approximate surface area is 88.6 Å². The number of hydrogen-bond acceptors (Lipinski definition) is 2. The summed E-state index contributed by atoms with van der Waals surface area (Å²) >= 11 is 3.00. The molecule has 0 aromatic heterocycles. The molecule has 0 bridgehead atoms. The minimum atomic E-state index is -1.05. The minimum absolute atomic E-state index is 0.0766. The average Bonchev–Trinajstić information content (AvgIpc) is 2.08. The van der Waals surface area contributed by atoms with E-state index in [1.54, 1.807) is 0 Å². The van der Waals surface area contributed by atoms with Gasteiger partial charge < -0.3 is 9.84 Å². The molecule has 14 heavy (non-hydrogen) atoms. The summed E-state index contributed by atoms with van der Waals surface area (Å²) in [5.41, 5.74) is 0. The van der Waals surface area contributed by atoms with Crippen molar-refractivity contribution in [1.29, 1.82) is 0 Å². The molecule has 0 amide bonds. The van der Waals surface area contributed by atoms with Gasteiger partial charge in [0.05, 0.1) is 6.10 Å². The first-order chi connectivity index (χ1) is 6.50. The Morgan fingerprint density at radius 2 is 2.14 bits per heavy atom. The van der Waals surface area contributed by atoms with Crippen LogP contribution in [-0.4, -0.2) is 17.8 Å². The van der Waals surface area contributed by atoms with Crippen LogP contribution in [0.5, 0.6) is 5.75 Å². The molecule has 0 saturated carbocycles. The third kappa shape index (κ3) is 2.92. The monoisotopic (exact) mass is 266 g/mol. The van der Waals surface area contributed by atoms with E-state index in [0.29, 0.717) is 4.47 Å². The van der Waals surface area contributed by atoms with Crippen LogP contribution < -0.4 is 4.74 Å². The average molecular weight is 267 g/mol. The molecule has 78 valence electrons. The Kier molecular flexibility index (Phi) is 3.83. The standard InChI is InChI=1S/C9H9BrF2O2/c1-5(13)4-14-8-3-6(10)2-7(11)9(8)12/h2-3,5,13H,4H2,1H3. The Balaban J connectivity index is 2.85. The van der Waals surface area contributed by atoms with Crippen molar-refractivity contribution in [1.82, 2.24) is 0 Å². The van der Waals surface area contributed by atoms with E-state index in [0.717, 1.165) is 6.07 Å². The van der Waals surface area contributed by atoms with Crippen LogP contribution in [0.3, 0.4) is 0 Å². The van der Waals surface area contributed by atoms with Gasteiger partial charge in [0.25, 0.3) is 0 Å². The summed E-state index contributed by atoms with van der Waals surface area (Å²) in [5, 5.41) is 8.89. The lowest BCUT2D eigenvalue weighted by molar-refractivity contribution is 0.119. The van der Waals surface area contributed by atoms with Crippen LogP contribution in [0.1, 0.15) is 6.92 Å². The molecule has 1 aromatic carbocycles. The van der Waals surface area contributed by atoms with Gasteiger partial charge >= 0.3 is 0 Å². The lowest BCUT2D eigenvalue weighted by Crippen LogP contribution is -2.13. The topological polar surface area (TPSA) is 29.5 Å². The first-order valence-electron chi connectivity index (χ1n) is 3.96. The quantitative estimate of drug-likeness (QED) is 0.852. The number of hydrogen-bond donors (Lipinski definition) is 1. The number of ether oxygens (including phenoxy) is 1. The SMILES string of the molecule is CC(O)COc1cc(Br)cc(F)c1F. The molecule has 1 rings (SSSR count). The molecule has 1 atom stereocenters. The number of benzene rings is 1. The largest absolute Gasteiger partial charge is 0.488 e. The van der Waals surface area contributed by atoms with Gasteiger partial charge in [0, 0.05) is 4.47 Å². The summed E-state index contributed by atoms with van der Waals surface area (Å²) in [6.07, 6.45) is -0.726. The van der Waals surface area contributed by atoms with Crippen molar-refractivity contribution in [3.05, 3.63) is 28.2 Å². The molecule has 5 heteroatoms. The third-order valence-electron chi connectivity index (χ3n) is 1.44. The fourth-order valence-corrected chi connectivity index (χ4v) is 1.26. The fraction of sp³-hybridized carbons (Fsp3) is 0.333. The van der Waals surface area contributed by atoms with E-state index in [1.807, 2.05) is 0 Å². The zero-order valence-electron chi connectivity index (χ0n) is 7.43. The Morgan fingerprint density at radius 3 is 2.71 bits per heavy atom. The van der Waals surface area contributed by atoms with Crippen molar-refractivity contribution in [3.63, 3.8) is 0 Å². The highest BCUT2D eigenvalue weighted by atomic mass is 79.9. The van der Waals surface area contributed by atoms with E-state index in [4.69, 9.17) is 9.84 Å². The highest BCUT2D eigenvalue weighted by Crippen LogP contribution is 2.25. The summed E-state index contributed by atoms with van der Waals surface area (Å²) in [5.74, 6) is -2.24. The molecular formula is C9H9BrF2O2. The highest BCUT2D eigenvalue weighted by Gasteiger charge is 2.11. The summed E-state index contributed by atoms with van der Waals surface area (Å²) in [7, 11) is 0. The second-order valence-electron chi connectivity index (χ2n) is 2.86. The summed E-state index contributed by atoms with van der Waals surface area (Å²) < 4.78 is 31.1. The molecule has 1 aromatic rings. The highest BCUT2D eigenvalue weighted by molar-refractivity contribution is 9.10. The smallest absolute Gasteiger partial charge is 0.200 e. The van der Waals surface area contributed by atoms with Crippen molar-refractivity contribution in [2.45, 2.75) is 13.0 Å². The number of aliphatic hydroxyl groups is 1. The second-order valence-corrected chi connectivity index (χ2v) is 3.78. The van der Waals surface area contributed by atoms with E-state index >= 15 is 0 Å². The van der Waals surface area contributed by atoms with Gasteiger partial charge in [0.1, 0.15) is 6.61 Å². The van der Waals surface area contributed by atoms with Crippen molar-refractivity contribution in [2.24, 2.45) is 0 Å². The molecule has 0 heterocycles. The van der Waals surface area contributed by atoms with Crippen LogP contribution in [0.4, 0.5) is 8.78 Å². The van der Waals surface area contributed by atoms with E-state index in [1.165, 1.54) is 13.0 Å². The van der Waals surface area contributed by atoms with Gasteiger partial charge in [-0.1, -0.05) is 15.9 Å². The predicted molar refractivity (Wildman–Crippen MR) is 51.2 cm³/mol. The molecule has 0 aliphatic heterocycles. The zero-order valence-corrected chi connectivity index (χ0v) is 9.01. The maximum absolute atomic E-state index is 13.0. The van der Waals surface area contributed by atoms with E-state index < -0.39 is 17.7 Å². The number of rotatable bonds is 3. The summed E-state index contributed by atoms with van der Waals surface area (Å²) in [4.78, 5) is 0. The first kappa shape index (κ1) is 11.4. The fourth-order valence-electron chi connectivity index (χ4n) is 0.848. The molecule has 1 unspecified atom stereocenters. The van der Waals surface area contributed by atoms with E-state index in [9.17, 15) is 8.78 Å². The van der Waals surface area contributed by atoms with Gasteiger partial charge in [0.15, 0.2) is 11.6 Å². The minimum Gasteiger partial charge on any atom is -0.488 e. The lowest BCUT2D eigenvalue weighted by atomic mass is 10.3. The van der Waals surface area contributed by atoms with E-state index in [-0.39, 0.29) is 12.4 Å². The van der Waals surface area contributed by atoms with Crippen LogP contribution in [0, 0.1) is 11.6 Å². The predicted octanol–water partition coefficient (Wildman–Crippen LogP) is 2.49. The van der Waals surface area contributed by atoms with Gasteiger partial charge in [-0.2, -0.15) is 4.39 Å². The maximum atomic E-state index is 13.0. The maximum Gasteiger partial charge on any atom is 0.200 e. The van der Waals surface area contributed by atoms with Crippen molar-refractivity contribution >= 4 is 15.9 Å². The molecule has 1 N–H and O–H groups in total. The Hall–Kier alpha value is -0.680. The third-order valence-corrected chi connectivity index (χ3v) is 1.90. The van der Waals surface area contributed by atoms with Crippen LogP contribution in [-0.2, 0) is 0 Å². The molecule has 2 nitrogen and oxygen atoms in total. The summed E-state index contributed by atoms with van der Waals surface area (Å²) in [6.45, 7) is 1.42. The van der Waals surface area contributed by atoms with Crippen molar-refractivity contribution in [3.8, 4) is 5.75 Å². The Morgan fingerprint density at radius 1 is 1.50 bits per heavy atom. The van der Waals surface area contributed by atoms with Gasteiger partial charge in [-0.15, -0.1) is 0 Å². The molecular weight excluding hydrogens is 258 g/mol. The molecule has 0 aliphatic carbocycles. The van der Waals surface area contributed by atoms with Gasteiger partial charge in [-0.25, -0.2) is 4.39 Å². The first-order valence-corrected chi connectivity index (χ1v) is 4.75. The zero-order chi connectivity index (χ0) is 10.7. The van der Waals surface area contributed by atoms with Crippen LogP contribution in [0.15, 0.2) is 16.6 Å². The number of halogens is 3. The van der Waals surface area contributed by atoms with Gasteiger partial charge in [-0.3, -0.25) is 0 Å². The lowest BCUT2D eigenvalue weighted by Gasteiger charge is -2.09. The molecule has 0 aliphatic rings. The second kappa shape index (κ2) is 4.70. The van der Waals surface area contributed by atoms with Crippen LogP contribution in [0.2, 0.25) is 0 Å². The van der Waals surface area contributed by atoms with Crippen molar-refractivity contribution < 1.29 is 18.6 Å². The number of aliphatic hydroxyl groups excluding tert-OH is 1. The Bertz CT molecular complexity index is 329. The van der Waals surface area contributed by atoms with Gasteiger partial charge in [0.2, 0.25) is 5.82 Å². The van der Waals surface area contributed by atoms with Crippen molar-refractivity contribution in [2.75, 3.05) is 6.61 Å². The van der Waals surface area contributed by atoms with E-state index in [2.05, 4.69) is 15.9 Å². The van der Waals surface area contributed by atoms with Crippen LogP contribution in [0.25, 0.3) is 0 Å². The summed E-state index contributed by atoms with van der Waals surface area (Å²) in [6, 6.07) is 2.31. The van der Waals surface area contributed by atoms with Gasteiger partial charge in [-0.05, 0) is 19.1 Å². The molecule has 0 radical (unpaired) electrons. The van der Waals surface area contributed by atoms with Crippen LogP contribution >= 0.6 is 15.9 Å². The molecule has 0 spiro atoms.